The second kappa shape index (κ2) is 57.4. The van der Waals surface area contributed by atoms with Crippen molar-refractivity contribution < 1.29 is 28.6 Å². The third kappa shape index (κ3) is 55.6. The third-order valence-electron chi connectivity index (χ3n) is 12.7. The summed E-state index contributed by atoms with van der Waals surface area (Å²) in [5.74, 6) is -0.946. The number of ether oxygens (including phenoxy) is 3. The Morgan fingerprint density at radius 1 is 0.290 bits per heavy atom. The van der Waals surface area contributed by atoms with Gasteiger partial charge in [-0.3, -0.25) is 14.4 Å². The normalized spacial score (nSPS) is 12.6. The van der Waals surface area contributed by atoms with Crippen molar-refractivity contribution in [3.8, 4) is 0 Å². The number of hydrogen-bond acceptors (Lipinski definition) is 6. The largest absolute Gasteiger partial charge is 0.462 e. The summed E-state index contributed by atoms with van der Waals surface area (Å²) in [6.07, 6.45) is 73.2. The molecule has 1 atom stereocenters. The molecule has 0 saturated carbocycles. The number of allylic oxidation sites excluding steroid dienone is 12. The monoisotopic (exact) mass is 963 g/mol. The maximum atomic E-state index is 12.8. The van der Waals surface area contributed by atoms with Crippen LogP contribution in [0.15, 0.2) is 72.9 Å². The van der Waals surface area contributed by atoms with Gasteiger partial charge in [0.1, 0.15) is 13.2 Å². The number of carbonyl (C=O) groups is 3. The van der Waals surface area contributed by atoms with Crippen LogP contribution in [-0.2, 0) is 28.6 Å². The van der Waals surface area contributed by atoms with Crippen LogP contribution in [0.3, 0.4) is 0 Å². The zero-order chi connectivity index (χ0) is 50.0. The van der Waals surface area contributed by atoms with Crippen molar-refractivity contribution in [3.05, 3.63) is 72.9 Å². The van der Waals surface area contributed by atoms with Crippen LogP contribution in [-0.4, -0.2) is 37.2 Å². The maximum Gasteiger partial charge on any atom is 0.306 e. The fourth-order valence-corrected chi connectivity index (χ4v) is 8.23. The van der Waals surface area contributed by atoms with Gasteiger partial charge in [-0.05, 0) is 89.9 Å². The Bertz CT molecular complexity index is 1290. The van der Waals surface area contributed by atoms with Crippen molar-refractivity contribution in [1.29, 1.82) is 0 Å². The molecule has 0 aromatic heterocycles. The van der Waals surface area contributed by atoms with Gasteiger partial charge in [-0.15, -0.1) is 0 Å². The second-order valence-electron chi connectivity index (χ2n) is 19.6. The molecule has 0 radical (unpaired) electrons. The van der Waals surface area contributed by atoms with Gasteiger partial charge < -0.3 is 14.2 Å². The van der Waals surface area contributed by atoms with Crippen LogP contribution in [0.5, 0.6) is 0 Å². The van der Waals surface area contributed by atoms with Gasteiger partial charge in [0.15, 0.2) is 6.10 Å². The molecule has 0 saturated heterocycles. The highest BCUT2D eigenvalue weighted by Gasteiger charge is 2.19. The molecular weight excluding hydrogens is 853 g/mol. The first-order valence-corrected chi connectivity index (χ1v) is 29.4. The Balaban J connectivity index is 4.44. The molecule has 0 spiro atoms. The van der Waals surface area contributed by atoms with E-state index in [1.807, 2.05) is 0 Å². The topological polar surface area (TPSA) is 78.9 Å². The summed E-state index contributed by atoms with van der Waals surface area (Å²) in [7, 11) is 0. The highest BCUT2D eigenvalue weighted by Crippen LogP contribution is 2.16. The first-order chi connectivity index (χ1) is 34.0. The van der Waals surface area contributed by atoms with E-state index in [0.717, 1.165) is 70.6 Å². The van der Waals surface area contributed by atoms with Crippen LogP contribution in [0.25, 0.3) is 0 Å². The predicted octanol–water partition coefficient (Wildman–Crippen LogP) is 19.8. The maximum absolute atomic E-state index is 12.8. The molecule has 69 heavy (non-hydrogen) atoms. The molecule has 0 fully saturated rings. The molecule has 0 N–H and O–H groups in total. The predicted molar refractivity (Wildman–Crippen MR) is 298 cm³/mol. The van der Waals surface area contributed by atoms with Gasteiger partial charge >= 0.3 is 17.9 Å². The minimum atomic E-state index is -0.804. The summed E-state index contributed by atoms with van der Waals surface area (Å²) in [5.41, 5.74) is 0. The molecule has 0 aromatic carbocycles. The SMILES string of the molecule is CCCCC/C=C\C/C=C\C/C=C\C/C=C\CCCC(=O)O[C@@H](COC(=O)CCCCCCCCCCC/C=C\C/C=C\CCCCC)COC(=O)CCCCCCCCCCCCCCCCC. The molecule has 0 aliphatic carbocycles. The number of carbonyl (C=O) groups excluding carboxylic acids is 3. The lowest BCUT2D eigenvalue weighted by Gasteiger charge is -2.18. The Morgan fingerprint density at radius 2 is 0.536 bits per heavy atom. The van der Waals surface area contributed by atoms with E-state index >= 15 is 0 Å². The van der Waals surface area contributed by atoms with Gasteiger partial charge in [-0.25, -0.2) is 0 Å². The Kier molecular flexibility index (Phi) is 54.8. The van der Waals surface area contributed by atoms with Gasteiger partial charge in [0.25, 0.3) is 0 Å². The van der Waals surface area contributed by atoms with Crippen molar-refractivity contribution in [3.63, 3.8) is 0 Å². The molecule has 6 heteroatoms. The standard InChI is InChI=1S/C63H110O6/c1-4-7-10-13-16-19-22-25-28-30-31-33-35-38-41-44-47-50-53-56-62(65)68-59-60(58-67-61(64)55-52-49-46-43-40-37-34-27-24-21-18-15-12-9-6-3)69-63(66)57-54-51-48-45-42-39-36-32-29-26-23-20-17-14-11-8-5-2/h16-17,19-20,25-26,28-29,36,39,45,48,60H,4-15,18,21-24,27,30-35,37-38,40-44,46-47,49-59H2,1-3H3/b19-16-,20-17-,28-25-,29-26-,39-36-,48-45-/t60-/m1/s1. The van der Waals surface area contributed by atoms with Crippen molar-refractivity contribution in [2.45, 2.75) is 297 Å². The number of hydrogen-bond donors (Lipinski definition) is 0. The zero-order valence-electron chi connectivity index (χ0n) is 45.6. The first kappa shape index (κ1) is 65.8. The number of esters is 3. The Morgan fingerprint density at radius 3 is 0.884 bits per heavy atom. The minimum Gasteiger partial charge on any atom is -0.462 e. The van der Waals surface area contributed by atoms with Crippen molar-refractivity contribution >= 4 is 17.9 Å². The van der Waals surface area contributed by atoms with Crippen LogP contribution >= 0.6 is 0 Å². The van der Waals surface area contributed by atoms with Crippen LogP contribution in [0.4, 0.5) is 0 Å². The van der Waals surface area contributed by atoms with E-state index in [4.69, 9.17) is 14.2 Å². The van der Waals surface area contributed by atoms with Gasteiger partial charge in [0.05, 0.1) is 0 Å². The average molecular weight is 964 g/mol. The summed E-state index contributed by atoms with van der Waals surface area (Å²) < 4.78 is 16.8. The summed E-state index contributed by atoms with van der Waals surface area (Å²) in [6.45, 7) is 6.56. The highest BCUT2D eigenvalue weighted by molar-refractivity contribution is 5.71. The first-order valence-electron chi connectivity index (χ1n) is 29.4. The second-order valence-corrected chi connectivity index (χ2v) is 19.6. The van der Waals surface area contributed by atoms with Crippen LogP contribution in [0, 0.1) is 0 Å². The molecule has 398 valence electrons. The molecule has 0 rings (SSSR count). The minimum absolute atomic E-state index is 0.0959. The summed E-state index contributed by atoms with van der Waals surface area (Å²) in [4.78, 5) is 38.2. The van der Waals surface area contributed by atoms with Crippen LogP contribution in [0.2, 0.25) is 0 Å². The van der Waals surface area contributed by atoms with E-state index in [1.165, 1.54) is 173 Å². The fourth-order valence-electron chi connectivity index (χ4n) is 8.23. The quantitative estimate of drug-likeness (QED) is 0.0262. The highest BCUT2D eigenvalue weighted by atomic mass is 16.6. The summed E-state index contributed by atoms with van der Waals surface area (Å²) >= 11 is 0. The molecule has 0 aliphatic heterocycles. The molecule has 0 heterocycles. The van der Waals surface area contributed by atoms with E-state index in [9.17, 15) is 14.4 Å². The van der Waals surface area contributed by atoms with Gasteiger partial charge in [0.2, 0.25) is 0 Å². The third-order valence-corrected chi connectivity index (χ3v) is 12.7. The van der Waals surface area contributed by atoms with Crippen molar-refractivity contribution in [2.24, 2.45) is 0 Å². The van der Waals surface area contributed by atoms with Crippen molar-refractivity contribution in [1.82, 2.24) is 0 Å². The molecule has 0 aliphatic rings. The molecule has 6 nitrogen and oxygen atoms in total. The molecule has 0 amide bonds. The lowest BCUT2D eigenvalue weighted by Crippen LogP contribution is -2.30. The smallest absolute Gasteiger partial charge is 0.306 e. The summed E-state index contributed by atoms with van der Waals surface area (Å²) in [5, 5.41) is 0. The van der Waals surface area contributed by atoms with E-state index in [2.05, 4.69) is 93.7 Å². The number of unbranched alkanes of at least 4 members (excludes halogenated alkanes) is 30. The molecule has 0 aromatic rings. The molecule has 0 unspecified atom stereocenters. The lowest BCUT2D eigenvalue weighted by molar-refractivity contribution is -0.167. The number of rotatable bonds is 53. The van der Waals surface area contributed by atoms with Gasteiger partial charge in [0, 0.05) is 19.3 Å². The van der Waals surface area contributed by atoms with Gasteiger partial charge in [-0.1, -0.05) is 254 Å². The lowest BCUT2D eigenvalue weighted by atomic mass is 10.0. The van der Waals surface area contributed by atoms with E-state index in [0.29, 0.717) is 19.3 Å². The molecule has 0 bridgehead atoms. The van der Waals surface area contributed by atoms with E-state index in [1.54, 1.807) is 0 Å². The molecular formula is C63H110O6. The average Bonchev–Trinajstić information content (AvgIpc) is 3.35. The Hall–Kier alpha value is -3.15. The van der Waals surface area contributed by atoms with Crippen molar-refractivity contribution in [2.75, 3.05) is 13.2 Å². The van der Waals surface area contributed by atoms with Crippen LogP contribution in [0.1, 0.15) is 290 Å². The van der Waals surface area contributed by atoms with E-state index in [-0.39, 0.29) is 37.5 Å². The van der Waals surface area contributed by atoms with E-state index < -0.39 is 6.10 Å². The summed E-state index contributed by atoms with van der Waals surface area (Å²) in [6, 6.07) is 0. The fraction of sp³-hybridized carbons (Fsp3) is 0.762. The van der Waals surface area contributed by atoms with Crippen LogP contribution < -0.4 is 0 Å². The zero-order valence-corrected chi connectivity index (χ0v) is 45.6. The van der Waals surface area contributed by atoms with Gasteiger partial charge in [-0.2, -0.15) is 0 Å². The Labute approximate surface area is 427 Å².